The second-order valence-corrected chi connectivity index (χ2v) is 9.19. The number of ether oxygens (including phenoxy) is 1. The molecule has 30 heavy (non-hydrogen) atoms. The number of aryl methyl sites for hydroxylation is 3. The Labute approximate surface area is 174 Å². The van der Waals surface area contributed by atoms with Gasteiger partial charge in [-0.05, 0) is 24.6 Å². The number of hydrogen-bond acceptors (Lipinski definition) is 8. The first kappa shape index (κ1) is 21.9. The first-order chi connectivity index (χ1) is 14.2. The summed E-state index contributed by atoms with van der Waals surface area (Å²) < 4.78 is 37.9. The summed E-state index contributed by atoms with van der Waals surface area (Å²) >= 11 is 0. The van der Waals surface area contributed by atoms with Crippen molar-refractivity contribution < 1.29 is 22.5 Å². The number of fused-ring (bicyclic) bond motifs is 1. The maximum absolute atomic E-state index is 12.3. The van der Waals surface area contributed by atoms with E-state index in [0.29, 0.717) is 30.0 Å². The predicted molar refractivity (Wildman–Crippen MR) is 108 cm³/mol. The standard InChI is InChI=1S/C19H25N5O5S/c1-5-6-16-21-18(29-22-16)12-28-19(25)10-9-17-20-14-11-13(30(26,27)23(2)3)7-8-15(14)24(17)4/h7-8,11H,5-6,9-10,12H2,1-4H3. The molecular formula is C19H25N5O5S. The lowest BCUT2D eigenvalue weighted by Crippen LogP contribution is -2.22. The zero-order chi connectivity index (χ0) is 21.9. The monoisotopic (exact) mass is 435 g/mol. The van der Waals surface area contributed by atoms with Crippen molar-refractivity contribution in [3.05, 3.63) is 35.7 Å². The summed E-state index contributed by atoms with van der Waals surface area (Å²) in [5.41, 5.74) is 1.34. The Balaban J connectivity index is 1.63. The highest BCUT2D eigenvalue weighted by Crippen LogP contribution is 2.22. The maximum Gasteiger partial charge on any atom is 0.306 e. The molecule has 3 aromatic rings. The van der Waals surface area contributed by atoms with Gasteiger partial charge in [0.2, 0.25) is 10.0 Å². The average Bonchev–Trinajstić information content (AvgIpc) is 3.28. The van der Waals surface area contributed by atoms with E-state index in [1.54, 1.807) is 12.1 Å². The summed E-state index contributed by atoms with van der Waals surface area (Å²) in [5.74, 6) is 1.11. The Kier molecular flexibility index (Phi) is 6.52. The molecule has 0 bridgehead atoms. The van der Waals surface area contributed by atoms with Crippen LogP contribution in [0.25, 0.3) is 11.0 Å². The van der Waals surface area contributed by atoms with Crippen LogP contribution in [-0.4, -0.2) is 52.5 Å². The molecule has 11 heteroatoms. The molecule has 0 saturated heterocycles. The quantitative estimate of drug-likeness (QED) is 0.467. The third-order valence-corrected chi connectivity index (χ3v) is 6.43. The van der Waals surface area contributed by atoms with Crippen molar-refractivity contribution in [1.82, 2.24) is 24.0 Å². The van der Waals surface area contributed by atoms with Crippen LogP contribution < -0.4 is 0 Å². The molecule has 0 aliphatic rings. The topological polar surface area (TPSA) is 120 Å². The molecule has 0 atom stereocenters. The Hall–Kier alpha value is -2.79. The van der Waals surface area contributed by atoms with E-state index in [9.17, 15) is 13.2 Å². The number of aromatic nitrogens is 4. The molecule has 10 nitrogen and oxygen atoms in total. The molecule has 0 N–H and O–H groups in total. The molecule has 1 aromatic carbocycles. The fourth-order valence-corrected chi connectivity index (χ4v) is 3.85. The molecule has 3 rings (SSSR count). The Morgan fingerprint density at radius 3 is 2.70 bits per heavy atom. The summed E-state index contributed by atoms with van der Waals surface area (Å²) in [6, 6.07) is 4.80. The highest BCUT2D eigenvalue weighted by Gasteiger charge is 2.19. The number of nitrogens with zero attached hydrogens (tertiary/aromatic N) is 5. The van der Waals surface area contributed by atoms with E-state index < -0.39 is 16.0 Å². The van der Waals surface area contributed by atoms with E-state index in [-0.39, 0.29) is 23.8 Å². The molecule has 0 fully saturated rings. The predicted octanol–water partition coefficient (Wildman–Crippen LogP) is 1.84. The SMILES string of the molecule is CCCc1noc(COC(=O)CCc2nc3cc(S(=O)(=O)N(C)C)ccc3n2C)n1. The fraction of sp³-hybridized carbons (Fsp3) is 0.474. The van der Waals surface area contributed by atoms with E-state index in [1.165, 1.54) is 20.2 Å². The summed E-state index contributed by atoms with van der Waals surface area (Å²) in [5, 5.41) is 3.81. The Morgan fingerprint density at radius 1 is 1.23 bits per heavy atom. The smallest absolute Gasteiger partial charge is 0.306 e. The number of rotatable bonds is 9. The van der Waals surface area contributed by atoms with Gasteiger partial charge in [0, 0.05) is 34.0 Å². The van der Waals surface area contributed by atoms with Gasteiger partial charge in [-0.25, -0.2) is 17.7 Å². The van der Waals surface area contributed by atoms with Crippen LogP contribution in [-0.2, 0) is 46.1 Å². The van der Waals surface area contributed by atoms with Crippen LogP contribution in [0.15, 0.2) is 27.6 Å². The number of carbonyl (C=O) groups is 1. The number of hydrogen-bond donors (Lipinski definition) is 0. The minimum absolute atomic E-state index is 0.0656. The molecule has 0 amide bonds. The number of sulfonamides is 1. The molecule has 0 radical (unpaired) electrons. The highest BCUT2D eigenvalue weighted by molar-refractivity contribution is 7.89. The molecule has 0 aliphatic carbocycles. The third-order valence-electron chi connectivity index (χ3n) is 4.62. The van der Waals surface area contributed by atoms with E-state index in [4.69, 9.17) is 9.26 Å². The summed E-state index contributed by atoms with van der Waals surface area (Å²) in [4.78, 5) is 20.9. The van der Waals surface area contributed by atoms with Crippen molar-refractivity contribution in [2.24, 2.45) is 7.05 Å². The zero-order valence-corrected chi connectivity index (χ0v) is 18.3. The van der Waals surface area contributed by atoms with Gasteiger partial charge in [0.1, 0.15) is 5.82 Å². The van der Waals surface area contributed by atoms with Gasteiger partial charge < -0.3 is 13.8 Å². The van der Waals surface area contributed by atoms with Gasteiger partial charge in [-0.2, -0.15) is 4.98 Å². The summed E-state index contributed by atoms with van der Waals surface area (Å²) in [6.07, 6.45) is 2.09. The minimum atomic E-state index is -3.54. The van der Waals surface area contributed by atoms with E-state index >= 15 is 0 Å². The summed E-state index contributed by atoms with van der Waals surface area (Å²) in [6.45, 7) is 1.95. The molecular weight excluding hydrogens is 410 g/mol. The van der Waals surface area contributed by atoms with Crippen molar-refractivity contribution in [3.8, 4) is 0 Å². The van der Waals surface area contributed by atoms with Crippen LogP contribution in [0.1, 0.15) is 37.3 Å². The van der Waals surface area contributed by atoms with Gasteiger partial charge in [-0.1, -0.05) is 12.1 Å². The average molecular weight is 436 g/mol. The summed E-state index contributed by atoms with van der Waals surface area (Å²) in [7, 11) is 1.24. The van der Waals surface area contributed by atoms with Gasteiger partial charge in [0.15, 0.2) is 12.4 Å². The van der Waals surface area contributed by atoms with E-state index in [1.807, 2.05) is 18.5 Å². The van der Waals surface area contributed by atoms with Crippen molar-refractivity contribution in [2.45, 2.75) is 44.1 Å². The maximum atomic E-state index is 12.3. The second kappa shape index (κ2) is 8.92. The van der Waals surface area contributed by atoms with Crippen molar-refractivity contribution >= 4 is 27.0 Å². The van der Waals surface area contributed by atoms with Crippen LogP contribution in [0.5, 0.6) is 0 Å². The Bertz CT molecular complexity index is 1150. The first-order valence-electron chi connectivity index (χ1n) is 9.57. The van der Waals surface area contributed by atoms with Crippen molar-refractivity contribution in [3.63, 3.8) is 0 Å². The lowest BCUT2D eigenvalue weighted by molar-refractivity contribution is -0.145. The lowest BCUT2D eigenvalue weighted by Gasteiger charge is -2.10. The number of esters is 1. The number of carbonyl (C=O) groups excluding carboxylic acids is 1. The molecule has 162 valence electrons. The van der Waals surface area contributed by atoms with Crippen molar-refractivity contribution in [2.75, 3.05) is 14.1 Å². The third kappa shape index (κ3) is 4.68. The van der Waals surface area contributed by atoms with Gasteiger partial charge in [-0.3, -0.25) is 4.79 Å². The van der Waals surface area contributed by atoms with E-state index in [0.717, 1.165) is 16.2 Å². The van der Waals surface area contributed by atoms with Crippen LogP contribution in [0.3, 0.4) is 0 Å². The van der Waals surface area contributed by atoms with Crippen LogP contribution in [0.4, 0.5) is 0 Å². The molecule has 0 aliphatic heterocycles. The Morgan fingerprint density at radius 2 is 2.00 bits per heavy atom. The lowest BCUT2D eigenvalue weighted by atomic mass is 10.3. The zero-order valence-electron chi connectivity index (χ0n) is 17.5. The number of imidazole rings is 1. The molecule has 2 heterocycles. The van der Waals surface area contributed by atoms with Gasteiger partial charge >= 0.3 is 5.97 Å². The minimum Gasteiger partial charge on any atom is -0.456 e. The van der Waals surface area contributed by atoms with Crippen molar-refractivity contribution in [1.29, 1.82) is 0 Å². The second-order valence-electron chi connectivity index (χ2n) is 7.04. The van der Waals surface area contributed by atoms with Gasteiger partial charge in [0.25, 0.3) is 5.89 Å². The van der Waals surface area contributed by atoms with E-state index in [2.05, 4.69) is 15.1 Å². The largest absolute Gasteiger partial charge is 0.456 e. The molecule has 0 unspecified atom stereocenters. The van der Waals surface area contributed by atoms with Crippen LogP contribution in [0, 0.1) is 0 Å². The van der Waals surface area contributed by atoms with Crippen LogP contribution in [0.2, 0.25) is 0 Å². The normalized spacial score (nSPS) is 12.0. The molecule has 0 spiro atoms. The van der Waals surface area contributed by atoms with Gasteiger partial charge in [0.05, 0.1) is 22.3 Å². The van der Waals surface area contributed by atoms with Crippen LogP contribution >= 0.6 is 0 Å². The molecule has 0 saturated carbocycles. The highest BCUT2D eigenvalue weighted by atomic mass is 32.2. The number of benzene rings is 1. The first-order valence-corrected chi connectivity index (χ1v) is 11.0. The van der Waals surface area contributed by atoms with Gasteiger partial charge in [-0.15, -0.1) is 0 Å². The molecule has 2 aromatic heterocycles. The fourth-order valence-electron chi connectivity index (χ4n) is 2.93.